The van der Waals surface area contributed by atoms with E-state index in [0.29, 0.717) is 13.1 Å². The van der Waals surface area contributed by atoms with Gasteiger partial charge in [0, 0.05) is 38.6 Å². The number of amides is 1. The summed E-state index contributed by atoms with van der Waals surface area (Å²) >= 11 is 0. The molecule has 120 valence electrons. The Morgan fingerprint density at radius 2 is 1.57 bits per heavy atom. The van der Waals surface area contributed by atoms with Crippen molar-refractivity contribution in [3.05, 3.63) is 54.4 Å². The molecular formula is C18H22N4O. The van der Waals surface area contributed by atoms with Crippen LogP contribution in [0.4, 0.5) is 5.95 Å². The molecule has 0 unspecified atom stereocenters. The highest BCUT2D eigenvalue weighted by Gasteiger charge is 2.35. The third kappa shape index (κ3) is 3.18. The molecule has 5 heteroatoms. The van der Waals surface area contributed by atoms with Crippen LogP contribution in [-0.4, -0.2) is 47.0 Å². The molecule has 0 N–H and O–H groups in total. The van der Waals surface area contributed by atoms with Crippen LogP contribution in [0.1, 0.15) is 19.4 Å². The lowest BCUT2D eigenvalue weighted by atomic mass is 9.83. The SMILES string of the molecule is CC(C)(C(=O)N1CCN(c2ncccn2)CC1)c1ccccc1. The van der Waals surface area contributed by atoms with Crippen LogP contribution < -0.4 is 4.90 Å². The van der Waals surface area contributed by atoms with E-state index >= 15 is 0 Å². The maximum atomic E-state index is 12.9. The van der Waals surface area contributed by atoms with E-state index in [9.17, 15) is 4.79 Å². The first-order valence-electron chi connectivity index (χ1n) is 7.96. The molecule has 0 spiro atoms. The molecule has 1 fully saturated rings. The highest BCUT2D eigenvalue weighted by atomic mass is 16.2. The minimum absolute atomic E-state index is 0.178. The van der Waals surface area contributed by atoms with Gasteiger partial charge in [0.15, 0.2) is 0 Å². The number of nitrogens with zero attached hydrogens (tertiary/aromatic N) is 4. The molecule has 1 aromatic carbocycles. The van der Waals surface area contributed by atoms with E-state index in [4.69, 9.17) is 0 Å². The summed E-state index contributed by atoms with van der Waals surface area (Å²) in [7, 11) is 0. The van der Waals surface area contributed by atoms with Gasteiger partial charge in [0.2, 0.25) is 11.9 Å². The van der Waals surface area contributed by atoms with Gasteiger partial charge in [-0.3, -0.25) is 4.79 Å². The predicted molar refractivity (Wildman–Crippen MR) is 90.3 cm³/mol. The van der Waals surface area contributed by atoms with Crippen molar-refractivity contribution in [2.24, 2.45) is 0 Å². The predicted octanol–water partition coefficient (Wildman–Crippen LogP) is 2.10. The molecule has 2 aromatic rings. The van der Waals surface area contributed by atoms with Crippen molar-refractivity contribution in [2.45, 2.75) is 19.3 Å². The van der Waals surface area contributed by atoms with Gasteiger partial charge in [0.05, 0.1) is 5.41 Å². The van der Waals surface area contributed by atoms with Crippen LogP contribution in [0.25, 0.3) is 0 Å². The van der Waals surface area contributed by atoms with E-state index in [1.54, 1.807) is 12.4 Å². The zero-order chi connectivity index (χ0) is 16.3. The molecule has 0 radical (unpaired) electrons. The average molecular weight is 310 g/mol. The molecule has 0 atom stereocenters. The number of benzene rings is 1. The molecule has 1 saturated heterocycles. The number of hydrogen-bond acceptors (Lipinski definition) is 4. The van der Waals surface area contributed by atoms with E-state index in [-0.39, 0.29) is 5.91 Å². The first-order chi connectivity index (χ1) is 11.1. The lowest BCUT2D eigenvalue weighted by Crippen LogP contribution is -2.53. The maximum Gasteiger partial charge on any atom is 0.232 e. The van der Waals surface area contributed by atoms with Gasteiger partial charge in [-0.15, -0.1) is 0 Å². The van der Waals surface area contributed by atoms with Gasteiger partial charge in [0.1, 0.15) is 0 Å². The quantitative estimate of drug-likeness (QED) is 0.871. The van der Waals surface area contributed by atoms with Crippen LogP contribution in [0.3, 0.4) is 0 Å². The summed E-state index contributed by atoms with van der Waals surface area (Å²) in [4.78, 5) is 25.6. The maximum absolute atomic E-state index is 12.9. The van der Waals surface area contributed by atoms with Gasteiger partial charge in [-0.1, -0.05) is 30.3 Å². The first-order valence-corrected chi connectivity index (χ1v) is 7.96. The van der Waals surface area contributed by atoms with Gasteiger partial charge >= 0.3 is 0 Å². The fraction of sp³-hybridized carbons (Fsp3) is 0.389. The monoisotopic (exact) mass is 310 g/mol. The molecule has 23 heavy (non-hydrogen) atoms. The molecule has 1 aliphatic heterocycles. The van der Waals surface area contributed by atoms with Crippen LogP contribution >= 0.6 is 0 Å². The molecule has 2 heterocycles. The van der Waals surface area contributed by atoms with Crippen molar-refractivity contribution in [3.63, 3.8) is 0 Å². The number of anilines is 1. The van der Waals surface area contributed by atoms with E-state index in [2.05, 4.69) is 14.9 Å². The van der Waals surface area contributed by atoms with E-state index in [0.717, 1.165) is 24.6 Å². The van der Waals surface area contributed by atoms with Crippen molar-refractivity contribution < 1.29 is 4.79 Å². The Labute approximate surface area is 137 Å². The molecule has 3 rings (SSSR count). The molecule has 1 aliphatic rings. The van der Waals surface area contributed by atoms with Crippen LogP contribution in [-0.2, 0) is 10.2 Å². The smallest absolute Gasteiger partial charge is 0.232 e. The molecule has 1 aromatic heterocycles. The zero-order valence-corrected chi connectivity index (χ0v) is 13.6. The van der Waals surface area contributed by atoms with Crippen molar-refractivity contribution in [2.75, 3.05) is 31.1 Å². The fourth-order valence-electron chi connectivity index (χ4n) is 2.94. The summed E-state index contributed by atoms with van der Waals surface area (Å²) in [6.07, 6.45) is 3.50. The summed E-state index contributed by atoms with van der Waals surface area (Å²) in [5, 5.41) is 0. The van der Waals surface area contributed by atoms with Crippen LogP contribution in [0, 0.1) is 0 Å². The largest absolute Gasteiger partial charge is 0.338 e. The first kappa shape index (κ1) is 15.5. The Morgan fingerprint density at radius 3 is 2.17 bits per heavy atom. The number of carbonyl (C=O) groups excluding carboxylic acids is 1. The third-order valence-corrected chi connectivity index (χ3v) is 4.43. The molecule has 5 nitrogen and oxygen atoms in total. The second-order valence-corrected chi connectivity index (χ2v) is 6.32. The number of piperazine rings is 1. The molecule has 1 amide bonds. The van der Waals surface area contributed by atoms with Crippen molar-refractivity contribution in [3.8, 4) is 0 Å². The van der Waals surface area contributed by atoms with Gasteiger partial charge in [-0.05, 0) is 25.5 Å². The minimum atomic E-state index is -0.507. The van der Waals surface area contributed by atoms with Crippen LogP contribution in [0.15, 0.2) is 48.8 Å². The molecule has 0 bridgehead atoms. The zero-order valence-electron chi connectivity index (χ0n) is 13.6. The lowest BCUT2D eigenvalue weighted by molar-refractivity contribution is -0.136. The van der Waals surface area contributed by atoms with Crippen molar-refractivity contribution in [1.82, 2.24) is 14.9 Å². The number of aromatic nitrogens is 2. The van der Waals surface area contributed by atoms with Gasteiger partial charge in [-0.2, -0.15) is 0 Å². The van der Waals surface area contributed by atoms with Crippen LogP contribution in [0.2, 0.25) is 0 Å². The lowest BCUT2D eigenvalue weighted by Gasteiger charge is -2.38. The summed E-state index contributed by atoms with van der Waals surface area (Å²) in [6.45, 7) is 6.93. The standard InChI is InChI=1S/C18H22N4O/c1-18(2,15-7-4-3-5-8-15)16(23)21-11-13-22(14-12-21)17-19-9-6-10-20-17/h3-10H,11-14H2,1-2H3. The molecule has 0 aliphatic carbocycles. The number of hydrogen-bond donors (Lipinski definition) is 0. The summed E-state index contributed by atoms with van der Waals surface area (Å²) in [5.41, 5.74) is 0.547. The Hall–Kier alpha value is -2.43. The Bertz CT molecular complexity index is 649. The van der Waals surface area contributed by atoms with E-state index in [1.165, 1.54) is 0 Å². The summed E-state index contributed by atoms with van der Waals surface area (Å²) < 4.78 is 0. The van der Waals surface area contributed by atoms with Gasteiger partial charge in [-0.25, -0.2) is 9.97 Å². The van der Waals surface area contributed by atoms with Gasteiger partial charge < -0.3 is 9.80 Å². The second-order valence-electron chi connectivity index (χ2n) is 6.32. The van der Waals surface area contributed by atoms with E-state index < -0.39 is 5.41 Å². The normalized spacial score (nSPS) is 15.6. The Kier molecular flexibility index (Phi) is 4.28. The second kappa shape index (κ2) is 6.36. The van der Waals surface area contributed by atoms with Crippen molar-refractivity contribution >= 4 is 11.9 Å². The average Bonchev–Trinajstić information content (AvgIpc) is 2.63. The fourth-order valence-corrected chi connectivity index (χ4v) is 2.94. The molecule has 0 saturated carbocycles. The van der Waals surface area contributed by atoms with Crippen molar-refractivity contribution in [1.29, 1.82) is 0 Å². The minimum Gasteiger partial charge on any atom is -0.338 e. The number of carbonyl (C=O) groups is 1. The third-order valence-electron chi connectivity index (χ3n) is 4.43. The summed E-state index contributed by atoms with van der Waals surface area (Å²) in [5.74, 6) is 0.916. The number of rotatable bonds is 3. The summed E-state index contributed by atoms with van der Waals surface area (Å²) in [6, 6.07) is 11.8. The Morgan fingerprint density at radius 1 is 0.957 bits per heavy atom. The highest BCUT2D eigenvalue weighted by Crippen LogP contribution is 2.26. The van der Waals surface area contributed by atoms with Gasteiger partial charge in [0.25, 0.3) is 0 Å². The topological polar surface area (TPSA) is 49.3 Å². The highest BCUT2D eigenvalue weighted by molar-refractivity contribution is 5.87. The molecular weight excluding hydrogens is 288 g/mol. The van der Waals surface area contributed by atoms with E-state index in [1.807, 2.05) is 55.1 Å². The van der Waals surface area contributed by atoms with Crippen LogP contribution in [0.5, 0.6) is 0 Å². The Balaban J connectivity index is 1.67.